The summed E-state index contributed by atoms with van der Waals surface area (Å²) in [7, 11) is 0. The van der Waals surface area contributed by atoms with Crippen molar-refractivity contribution in [2.45, 2.75) is 38.6 Å². The average molecular weight is 171 g/mol. The minimum Gasteiger partial charge on any atom is -0.481 e. The maximum absolute atomic E-state index is 10.3. The summed E-state index contributed by atoms with van der Waals surface area (Å²) in [6, 6.07) is 0.448. The molecule has 0 saturated carbocycles. The monoisotopic (exact) mass is 171 g/mol. The van der Waals surface area contributed by atoms with Crippen LogP contribution in [0, 0.1) is 0 Å². The molecule has 70 valence electrons. The van der Waals surface area contributed by atoms with Gasteiger partial charge in [-0.1, -0.05) is 0 Å². The number of carbonyl (C=O) groups is 1. The second kappa shape index (κ2) is 4.45. The maximum Gasteiger partial charge on any atom is 0.303 e. The number of carboxylic acid groups (broad SMARTS) is 1. The van der Waals surface area contributed by atoms with Crippen LogP contribution in [0.1, 0.15) is 32.6 Å². The van der Waals surface area contributed by atoms with Crippen LogP contribution >= 0.6 is 0 Å². The molecule has 0 spiro atoms. The van der Waals surface area contributed by atoms with E-state index in [9.17, 15) is 4.79 Å². The molecule has 12 heavy (non-hydrogen) atoms. The summed E-state index contributed by atoms with van der Waals surface area (Å²) in [5, 5.41) is 8.49. The van der Waals surface area contributed by atoms with Crippen LogP contribution in [-0.2, 0) is 4.79 Å². The number of carboxylic acids is 1. The summed E-state index contributed by atoms with van der Waals surface area (Å²) in [6.07, 6.45) is 3.64. The van der Waals surface area contributed by atoms with Crippen LogP contribution < -0.4 is 0 Å². The van der Waals surface area contributed by atoms with E-state index in [0.29, 0.717) is 12.5 Å². The van der Waals surface area contributed by atoms with Crippen LogP contribution in [0.4, 0.5) is 0 Å². The number of rotatable bonds is 4. The van der Waals surface area contributed by atoms with Gasteiger partial charge in [0.25, 0.3) is 0 Å². The Morgan fingerprint density at radius 1 is 1.50 bits per heavy atom. The first kappa shape index (κ1) is 9.52. The molecule has 3 nitrogen and oxygen atoms in total. The van der Waals surface area contributed by atoms with Crippen LogP contribution in [0.3, 0.4) is 0 Å². The van der Waals surface area contributed by atoms with Crippen molar-refractivity contribution >= 4 is 5.97 Å². The summed E-state index contributed by atoms with van der Waals surface area (Å²) in [5.74, 6) is -0.680. The van der Waals surface area contributed by atoms with Crippen LogP contribution in [0.2, 0.25) is 0 Å². The number of hydrogen-bond acceptors (Lipinski definition) is 2. The molecule has 0 aliphatic carbocycles. The lowest BCUT2D eigenvalue weighted by Gasteiger charge is -2.22. The van der Waals surface area contributed by atoms with Gasteiger partial charge in [-0.3, -0.25) is 4.79 Å². The van der Waals surface area contributed by atoms with E-state index in [1.54, 1.807) is 0 Å². The standard InChI is InChI=1S/C9H17NO2/c1-8(4-5-9(11)12)10-6-2-3-7-10/h8H,2-7H2,1H3,(H,11,12)/t8-/m0/s1. The molecule has 1 saturated heterocycles. The molecule has 0 aromatic heterocycles. The van der Waals surface area contributed by atoms with E-state index in [4.69, 9.17) is 5.11 Å². The van der Waals surface area contributed by atoms with Gasteiger partial charge in [-0.15, -0.1) is 0 Å². The molecule has 0 unspecified atom stereocenters. The molecule has 1 heterocycles. The lowest BCUT2D eigenvalue weighted by atomic mass is 10.1. The van der Waals surface area contributed by atoms with Gasteiger partial charge in [0, 0.05) is 12.5 Å². The number of likely N-dealkylation sites (tertiary alicyclic amines) is 1. The molecule has 1 N–H and O–H groups in total. The van der Waals surface area contributed by atoms with Crippen molar-refractivity contribution in [3.63, 3.8) is 0 Å². The highest BCUT2D eigenvalue weighted by Crippen LogP contribution is 2.14. The largest absolute Gasteiger partial charge is 0.481 e. The normalized spacial score (nSPS) is 21.1. The topological polar surface area (TPSA) is 40.5 Å². The van der Waals surface area contributed by atoms with Crippen molar-refractivity contribution in [2.24, 2.45) is 0 Å². The molecule has 0 aromatic rings. The first-order chi connectivity index (χ1) is 5.70. The third kappa shape index (κ3) is 2.81. The van der Waals surface area contributed by atoms with Crippen LogP contribution in [0.25, 0.3) is 0 Å². The van der Waals surface area contributed by atoms with Crippen LogP contribution in [0.5, 0.6) is 0 Å². The van der Waals surface area contributed by atoms with Gasteiger partial charge in [-0.25, -0.2) is 0 Å². The first-order valence-corrected chi connectivity index (χ1v) is 4.66. The fourth-order valence-electron chi connectivity index (χ4n) is 1.70. The molecule has 1 aliphatic rings. The Morgan fingerprint density at radius 2 is 2.08 bits per heavy atom. The van der Waals surface area contributed by atoms with E-state index < -0.39 is 5.97 Å². The number of aliphatic carboxylic acids is 1. The molecule has 0 aromatic carbocycles. The maximum atomic E-state index is 10.3. The minimum atomic E-state index is -0.680. The third-order valence-electron chi connectivity index (χ3n) is 2.54. The molecule has 1 rings (SSSR count). The van der Waals surface area contributed by atoms with Gasteiger partial charge in [-0.2, -0.15) is 0 Å². The molecule has 0 amide bonds. The zero-order chi connectivity index (χ0) is 8.97. The van der Waals surface area contributed by atoms with E-state index in [0.717, 1.165) is 19.5 Å². The molecule has 1 aliphatic heterocycles. The van der Waals surface area contributed by atoms with Crippen LogP contribution in [-0.4, -0.2) is 35.1 Å². The Bertz CT molecular complexity index is 153. The average Bonchev–Trinajstić information content (AvgIpc) is 2.51. The molecule has 0 radical (unpaired) electrons. The Morgan fingerprint density at radius 3 is 2.58 bits per heavy atom. The van der Waals surface area contributed by atoms with Crippen molar-refractivity contribution in [1.82, 2.24) is 4.90 Å². The van der Waals surface area contributed by atoms with Crippen LogP contribution in [0.15, 0.2) is 0 Å². The van der Waals surface area contributed by atoms with Gasteiger partial charge < -0.3 is 10.0 Å². The van der Waals surface area contributed by atoms with Crippen molar-refractivity contribution in [3.05, 3.63) is 0 Å². The van der Waals surface area contributed by atoms with Crippen molar-refractivity contribution in [2.75, 3.05) is 13.1 Å². The lowest BCUT2D eigenvalue weighted by Crippen LogP contribution is -2.30. The van der Waals surface area contributed by atoms with E-state index in [2.05, 4.69) is 11.8 Å². The fourth-order valence-corrected chi connectivity index (χ4v) is 1.70. The summed E-state index contributed by atoms with van der Waals surface area (Å²) in [5.41, 5.74) is 0. The van der Waals surface area contributed by atoms with Crippen molar-refractivity contribution < 1.29 is 9.90 Å². The SMILES string of the molecule is C[C@@H](CCC(=O)O)N1CCCC1. The predicted molar refractivity (Wildman–Crippen MR) is 47.1 cm³/mol. The highest BCUT2D eigenvalue weighted by Gasteiger charge is 2.18. The van der Waals surface area contributed by atoms with E-state index >= 15 is 0 Å². The van der Waals surface area contributed by atoms with Gasteiger partial charge in [0.1, 0.15) is 0 Å². The van der Waals surface area contributed by atoms with Gasteiger partial charge in [-0.05, 0) is 39.3 Å². The Kier molecular flexibility index (Phi) is 3.53. The predicted octanol–water partition coefficient (Wildman–Crippen LogP) is 1.34. The number of nitrogens with zero attached hydrogens (tertiary/aromatic N) is 1. The van der Waals surface area contributed by atoms with Crippen molar-refractivity contribution in [3.8, 4) is 0 Å². The van der Waals surface area contributed by atoms with Crippen molar-refractivity contribution in [1.29, 1.82) is 0 Å². The zero-order valence-electron chi connectivity index (χ0n) is 7.62. The molecular weight excluding hydrogens is 154 g/mol. The Hall–Kier alpha value is -0.570. The molecule has 1 fully saturated rings. The smallest absolute Gasteiger partial charge is 0.303 e. The Balaban J connectivity index is 2.17. The summed E-state index contributed by atoms with van der Waals surface area (Å²) in [4.78, 5) is 12.7. The molecule has 1 atom stereocenters. The summed E-state index contributed by atoms with van der Waals surface area (Å²) in [6.45, 7) is 4.43. The van der Waals surface area contributed by atoms with Gasteiger partial charge in [0.15, 0.2) is 0 Å². The lowest BCUT2D eigenvalue weighted by molar-refractivity contribution is -0.137. The molecular formula is C9H17NO2. The minimum absolute atomic E-state index is 0.303. The van der Waals surface area contributed by atoms with Gasteiger partial charge in [0.2, 0.25) is 0 Å². The van der Waals surface area contributed by atoms with E-state index in [1.807, 2.05) is 0 Å². The van der Waals surface area contributed by atoms with Gasteiger partial charge in [0.05, 0.1) is 0 Å². The first-order valence-electron chi connectivity index (χ1n) is 4.66. The third-order valence-corrected chi connectivity index (χ3v) is 2.54. The quantitative estimate of drug-likeness (QED) is 0.693. The van der Waals surface area contributed by atoms with E-state index in [-0.39, 0.29) is 0 Å². The number of hydrogen-bond donors (Lipinski definition) is 1. The molecule has 3 heteroatoms. The second-order valence-corrected chi connectivity index (χ2v) is 3.52. The summed E-state index contributed by atoms with van der Waals surface area (Å²) >= 11 is 0. The second-order valence-electron chi connectivity index (χ2n) is 3.52. The fraction of sp³-hybridized carbons (Fsp3) is 0.889. The van der Waals surface area contributed by atoms with E-state index in [1.165, 1.54) is 12.8 Å². The zero-order valence-corrected chi connectivity index (χ0v) is 7.62. The van der Waals surface area contributed by atoms with Gasteiger partial charge >= 0.3 is 5.97 Å². The Labute approximate surface area is 73.4 Å². The highest BCUT2D eigenvalue weighted by atomic mass is 16.4. The summed E-state index contributed by atoms with van der Waals surface area (Å²) < 4.78 is 0. The highest BCUT2D eigenvalue weighted by molar-refractivity contribution is 5.66. The molecule has 0 bridgehead atoms.